The fraction of sp³-hybridized carbons (Fsp3) is 0.481. The maximum absolute atomic E-state index is 14.4. The van der Waals surface area contributed by atoms with E-state index < -0.39 is 11.6 Å². The Balaban J connectivity index is 1.51. The lowest BCUT2D eigenvalue weighted by Crippen LogP contribution is -2.79. The van der Waals surface area contributed by atoms with Gasteiger partial charge in [0.25, 0.3) is 0 Å². The van der Waals surface area contributed by atoms with Crippen LogP contribution in [-0.2, 0) is 13.0 Å². The van der Waals surface area contributed by atoms with E-state index in [0.717, 1.165) is 36.3 Å². The summed E-state index contributed by atoms with van der Waals surface area (Å²) in [6, 6.07) is 9.73. The summed E-state index contributed by atoms with van der Waals surface area (Å²) in [5.74, 6) is -0.0387. The minimum Gasteiger partial charge on any atom is -0.530 e. The van der Waals surface area contributed by atoms with Crippen molar-refractivity contribution in [1.29, 1.82) is 0 Å². The Morgan fingerprint density at radius 1 is 1.22 bits per heavy atom. The summed E-state index contributed by atoms with van der Waals surface area (Å²) >= 11 is 0. The number of nitrogens with one attached hydrogen (secondary N) is 1. The summed E-state index contributed by atoms with van der Waals surface area (Å²) in [6.07, 6.45) is 5.57. The third-order valence-electron chi connectivity index (χ3n) is 7.96. The fourth-order valence-electron chi connectivity index (χ4n) is 5.92. The number of fused-ring (bicyclic) bond motifs is 2. The number of carbonyl (C=O) groups excluding carboxylic acids is 2. The molecule has 0 bridgehead atoms. The number of pyridine rings is 2. The molecule has 0 spiro atoms. The first-order valence-electron chi connectivity index (χ1n) is 12.6. The first-order valence-corrected chi connectivity index (χ1v) is 12.6. The van der Waals surface area contributed by atoms with Crippen LogP contribution in [-0.4, -0.2) is 67.5 Å². The van der Waals surface area contributed by atoms with E-state index in [2.05, 4.69) is 23.3 Å². The van der Waals surface area contributed by atoms with Gasteiger partial charge in [0, 0.05) is 18.9 Å². The normalized spacial score (nSPS) is 23.8. The predicted octanol–water partition coefficient (Wildman–Crippen LogP) is 2.31. The summed E-state index contributed by atoms with van der Waals surface area (Å²) in [5, 5.41) is 13.6. The Labute approximate surface area is 211 Å². The summed E-state index contributed by atoms with van der Waals surface area (Å²) < 4.78 is 2.02. The number of aromatic nitrogens is 3. The Morgan fingerprint density at radius 2 is 2.00 bits per heavy atom. The molecule has 9 nitrogen and oxygen atoms in total. The molecule has 0 saturated carbocycles. The number of hydrogen-bond donors (Lipinski definition) is 1. The second-order valence-electron chi connectivity index (χ2n) is 11.1. The number of hydrogen-bond acceptors (Lipinski definition) is 6. The lowest BCUT2D eigenvalue weighted by Gasteiger charge is -2.55. The van der Waals surface area contributed by atoms with Crippen LogP contribution in [0.25, 0.3) is 5.65 Å². The number of carbonyl (C=O) groups is 2. The first kappa shape index (κ1) is 24.4. The first-order chi connectivity index (χ1) is 17.1. The average molecular weight is 491 g/mol. The van der Waals surface area contributed by atoms with Gasteiger partial charge in [0.1, 0.15) is 30.9 Å². The molecule has 2 amide bonds. The fourth-order valence-corrected chi connectivity index (χ4v) is 5.92. The molecule has 36 heavy (non-hydrogen) atoms. The number of imidazole rings is 1. The predicted molar refractivity (Wildman–Crippen MR) is 133 cm³/mol. The third-order valence-corrected chi connectivity index (χ3v) is 7.96. The van der Waals surface area contributed by atoms with E-state index >= 15 is 0 Å². The molecule has 0 aromatic carbocycles. The molecule has 3 aromatic rings. The molecular weight excluding hydrogens is 456 g/mol. The lowest BCUT2D eigenvalue weighted by molar-refractivity contribution is -0.934. The topological polar surface area (TPSA) is 103 Å². The molecule has 1 saturated heterocycles. The maximum Gasteiger partial charge on any atom is 0.365 e. The molecule has 2 aliphatic rings. The molecule has 1 aliphatic heterocycles. The minimum atomic E-state index is -1.31. The molecule has 9 heteroatoms. The zero-order chi connectivity index (χ0) is 25.7. The zero-order valence-corrected chi connectivity index (χ0v) is 21.4. The van der Waals surface area contributed by atoms with E-state index in [-0.39, 0.29) is 22.5 Å². The summed E-state index contributed by atoms with van der Waals surface area (Å²) in [7, 11) is 2.07. The van der Waals surface area contributed by atoms with Gasteiger partial charge in [-0.3, -0.25) is 14.3 Å². The van der Waals surface area contributed by atoms with Crippen LogP contribution < -0.4 is 10.4 Å². The molecule has 190 valence electrons. The van der Waals surface area contributed by atoms with Crippen molar-refractivity contribution in [3.05, 3.63) is 65.4 Å². The highest BCUT2D eigenvalue weighted by molar-refractivity contribution is 5.90. The molecule has 1 aliphatic carbocycles. The van der Waals surface area contributed by atoms with Gasteiger partial charge in [0.15, 0.2) is 5.69 Å². The van der Waals surface area contributed by atoms with Gasteiger partial charge in [-0.25, -0.2) is 14.3 Å². The number of aryl methyl sites for hydroxylation is 1. The van der Waals surface area contributed by atoms with Crippen molar-refractivity contribution in [2.24, 2.45) is 0 Å². The molecule has 5 rings (SSSR count). The van der Waals surface area contributed by atoms with Gasteiger partial charge in [-0.1, -0.05) is 12.1 Å². The number of likely N-dealkylation sites (tertiary alicyclic amines) is 1. The number of nitrogens with zero attached hydrogens (tertiary/aromatic N) is 5. The molecule has 3 aromatic heterocycles. The van der Waals surface area contributed by atoms with Gasteiger partial charge in [-0.05, 0) is 70.8 Å². The highest BCUT2D eigenvalue weighted by Gasteiger charge is 2.58. The van der Waals surface area contributed by atoms with E-state index in [9.17, 15) is 14.7 Å². The van der Waals surface area contributed by atoms with Crippen LogP contribution in [0.1, 0.15) is 67.1 Å². The van der Waals surface area contributed by atoms with E-state index in [0.29, 0.717) is 25.3 Å². The van der Waals surface area contributed by atoms with Gasteiger partial charge in [0.05, 0.1) is 23.0 Å². The highest BCUT2D eigenvalue weighted by atomic mass is 16.4. The average Bonchev–Trinajstić information content (AvgIpc) is 3.17. The minimum absolute atomic E-state index is 0.0387. The summed E-state index contributed by atoms with van der Waals surface area (Å²) in [6.45, 7) is 7.35. The SMILES string of the molecule is CN(Cc1nc2ccccn2c1C(=O)[N+]1(C(C)(C)C)CC(NC(=O)[O-])C1)C1CCCc2cccnc21. The zero-order valence-electron chi connectivity index (χ0n) is 21.4. The molecule has 1 atom stereocenters. The molecular formula is C27H34N6O3. The van der Waals surface area contributed by atoms with Crippen LogP contribution in [0.3, 0.4) is 0 Å². The lowest BCUT2D eigenvalue weighted by atomic mass is 9.89. The Bertz CT molecular complexity index is 1300. The van der Waals surface area contributed by atoms with Crippen molar-refractivity contribution >= 4 is 17.6 Å². The van der Waals surface area contributed by atoms with Crippen molar-refractivity contribution in [2.75, 3.05) is 20.1 Å². The van der Waals surface area contributed by atoms with Crippen molar-refractivity contribution in [3.8, 4) is 0 Å². The van der Waals surface area contributed by atoms with E-state index in [1.165, 1.54) is 5.56 Å². The van der Waals surface area contributed by atoms with Crippen LogP contribution in [0.2, 0.25) is 0 Å². The Hall–Kier alpha value is -3.30. The van der Waals surface area contributed by atoms with Crippen molar-refractivity contribution in [1.82, 2.24) is 24.6 Å². The number of carboxylic acid groups (broad SMARTS) is 1. The van der Waals surface area contributed by atoms with Crippen LogP contribution in [0.4, 0.5) is 4.79 Å². The molecule has 1 N–H and O–H groups in total. The smallest absolute Gasteiger partial charge is 0.365 e. The van der Waals surface area contributed by atoms with Gasteiger partial charge in [-0.15, -0.1) is 0 Å². The third kappa shape index (κ3) is 4.06. The summed E-state index contributed by atoms with van der Waals surface area (Å²) in [5.41, 5.74) is 4.00. The molecule has 4 heterocycles. The number of rotatable bonds is 5. The number of amides is 2. The van der Waals surface area contributed by atoms with Crippen LogP contribution in [0.5, 0.6) is 0 Å². The van der Waals surface area contributed by atoms with Gasteiger partial charge >= 0.3 is 5.91 Å². The van der Waals surface area contributed by atoms with E-state index in [4.69, 9.17) is 9.97 Å². The quantitative estimate of drug-likeness (QED) is 0.551. The summed E-state index contributed by atoms with van der Waals surface area (Å²) in [4.78, 5) is 37.3. The van der Waals surface area contributed by atoms with Gasteiger partial charge < -0.3 is 15.2 Å². The van der Waals surface area contributed by atoms with Gasteiger partial charge in [0.2, 0.25) is 0 Å². The van der Waals surface area contributed by atoms with Crippen molar-refractivity contribution < 1.29 is 19.2 Å². The maximum atomic E-state index is 14.4. The van der Waals surface area contributed by atoms with E-state index in [1.807, 2.05) is 61.8 Å². The van der Waals surface area contributed by atoms with Crippen molar-refractivity contribution in [3.63, 3.8) is 0 Å². The second kappa shape index (κ2) is 8.97. The van der Waals surface area contributed by atoms with Gasteiger partial charge in [-0.2, -0.15) is 0 Å². The molecule has 1 fully saturated rings. The largest absolute Gasteiger partial charge is 0.530 e. The Morgan fingerprint density at radius 3 is 2.72 bits per heavy atom. The monoisotopic (exact) mass is 490 g/mol. The van der Waals surface area contributed by atoms with Crippen LogP contribution in [0, 0.1) is 0 Å². The van der Waals surface area contributed by atoms with Crippen molar-refractivity contribution in [2.45, 2.75) is 64.2 Å². The van der Waals surface area contributed by atoms with Crippen LogP contribution in [0.15, 0.2) is 42.7 Å². The second-order valence-corrected chi connectivity index (χ2v) is 11.1. The van der Waals surface area contributed by atoms with E-state index in [1.54, 1.807) is 0 Å². The standard InChI is InChI=1S/C27H34N6O3/c1-27(2,3)33(16-19(17-33)29-26(35)36)25(34)24-20(30-22-12-5-6-14-32(22)24)15-31(4)21-11-7-9-18-10-8-13-28-23(18)21/h5-6,8,10,12-14,19,21,29H,7,9,11,15-17H2,1-4H3. The Kier molecular flexibility index (Phi) is 6.08. The van der Waals surface area contributed by atoms with Crippen LogP contribution >= 0.6 is 0 Å². The molecule has 0 radical (unpaired) electrons. The molecule has 1 unspecified atom stereocenters. The highest BCUT2D eigenvalue weighted by Crippen LogP contribution is 2.37. The number of quaternary nitrogens is 1.